The molecule has 1 aliphatic carbocycles. The molecule has 1 amide bonds. The monoisotopic (exact) mass is 330 g/mol. The van der Waals surface area contributed by atoms with Crippen LogP contribution in [0.1, 0.15) is 29.6 Å². The van der Waals surface area contributed by atoms with Gasteiger partial charge >= 0.3 is 0 Å². The molecule has 1 atom stereocenters. The third-order valence-electron chi connectivity index (χ3n) is 3.83. The average molecular weight is 330 g/mol. The van der Waals surface area contributed by atoms with Crippen LogP contribution in [0.4, 0.5) is 0 Å². The van der Waals surface area contributed by atoms with E-state index < -0.39 is 10.0 Å². The Morgan fingerprint density at radius 1 is 1.43 bits per heavy atom. The van der Waals surface area contributed by atoms with Gasteiger partial charge in [0.25, 0.3) is 5.91 Å². The number of nitrogens with zero attached hydrogens (tertiary/aromatic N) is 1. The van der Waals surface area contributed by atoms with Crippen molar-refractivity contribution in [1.29, 1.82) is 0 Å². The van der Waals surface area contributed by atoms with Gasteiger partial charge in [-0.15, -0.1) is 11.3 Å². The van der Waals surface area contributed by atoms with Crippen molar-refractivity contribution in [1.82, 2.24) is 4.90 Å². The van der Waals surface area contributed by atoms with Gasteiger partial charge in [0.2, 0.25) is 10.0 Å². The molecule has 0 radical (unpaired) electrons. The lowest BCUT2D eigenvalue weighted by molar-refractivity contribution is 0.0706. The van der Waals surface area contributed by atoms with E-state index in [0.29, 0.717) is 24.6 Å². The second-order valence-electron chi connectivity index (χ2n) is 5.62. The first-order chi connectivity index (χ1) is 9.95. The van der Waals surface area contributed by atoms with E-state index in [1.165, 1.54) is 6.07 Å². The van der Waals surface area contributed by atoms with Gasteiger partial charge in [0.05, 0.1) is 12.2 Å². The molecule has 116 valence electrons. The Morgan fingerprint density at radius 2 is 2.19 bits per heavy atom. The van der Waals surface area contributed by atoms with Crippen molar-refractivity contribution >= 4 is 27.3 Å². The van der Waals surface area contributed by atoms with Crippen LogP contribution in [-0.4, -0.2) is 45.0 Å². The smallest absolute Gasteiger partial charge is 0.255 e. The largest absolute Gasteiger partial charge is 0.381 e. The van der Waals surface area contributed by atoms with Gasteiger partial charge in [-0.1, -0.05) is 0 Å². The van der Waals surface area contributed by atoms with Crippen molar-refractivity contribution in [2.75, 3.05) is 19.8 Å². The number of carbonyl (C=O) groups excluding carboxylic acids is 1. The second-order valence-corrected chi connectivity index (χ2v) is 8.32. The molecule has 2 heterocycles. The summed E-state index contributed by atoms with van der Waals surface area (Å²) in [5, 5.41) is 6.66. The number of sulfonamides is 1. The molecule has 1 unspecified atom stereocenters. The highest BCUT2D eigenvalue weighted by molar-refractivity contribution is 7.91. The van der Waals surface area contributed by atoms with Crippen LogP contribution < -0.4 is 5.14 Å². The van der Waals surface area contributed by atoms with Crippen LogP contribution in [0.15, 0.2) is 15.7 Å². The van der Waals surface area contributed by atoms with Gasteiger partial charge < -0.3 is 9.64 Å². The summed E-state index contributed by atoms with van der Waals surface area (Å²) >= 11 is 0.992. The van der Waals surface area contributed by atoms with Crippen molar-refractivity contribution < 1.29 is 17.9 Å². The number of carbonyl (C=O) groups is 1. The van der Waals surface area contributed by atoms with E-state index in [1.807, 2.05) is 4.90 Å². The molecule has 2 N–H and O–H groups in total. The predicted molar refractivity (Wildman–Crippen MR) is 78.7 cm³/mol. The van der Waals surface area contributed by atoms with Gasteiger partial charge in [-0.05, 0) is 25.3 Å². The number of hydrogen-bond acceptors (Lipinski definition) is 5. The SMILES string of the molecule is NS(=O)(=O)c1cc(C(=O)N(CC2CCOC2)C2CC2)cs1. The van der Waals surface area contributed by atoms with Gasteiger partial charge in [0.1, 0.15) is 4.21 Å². The highest BCUT2D eigenvalue weighted by atomic mass is 32.2. The molecule has 21 heavy (non-hydrogen) atoms. The maximum Gasteiger partial charge on any atom is 0.255 e. The number of nitrogens with two attached hydrogens (primary N) is 1. The molecule has 1 aliphatic heterocycles. The minimum atomic E-state index is -3.74. The van der Waals surface area contributed by atoms with Gasteiger partial charge in [0.15, 0.2) is 0 Å². The highest BCUT2D eigenvalue weighted by Gasteiger charge is 2.35. The molecule has 0 spiro atoms. The van der Waals surface area contributed by atoms with Crippen LogP contribution in [0.2, 0.25) is 0 Å². The molecule has 0 bridgehead atoms. The van der Waals surface area contributed by atoms with E-state index in [1.54, 1.807) is 5.38 Å². The van der Waals surface area contributed by atoms with E-state index in [0.717, 1.165) is 37.2 Å². The summed E-state index contributed by atoms with van der Waals surface area (Å²) in [5.41, 5.74) is 0.412. The molecule has 2 aliphatic rings. The molecule has 1 saturated carbocycles. The summed E-state index contributed by atoms with van der Waals surface area (Å²) in [6.07, 6.45) is 3.01. The van der Waals surface area contributed by atoms with Crippen LogP contribution in [-0.2, 0) is 14.8 Å². The quantitative estimate of drug-likeness (QED) is 0.873. The fourth-order valence-corrected chi connectivity index (χ4v) is 4.11. The van der Waals surface area contributed by atoms with Crippen LogP contribution in [0, 0.1) is 5.92 Å². The van der Waals surface area contributed by atoms with Gasteiger partial charge in [-0.2, -0.15) is 0 Å². The molecule has 8 heteroatoms. The Morgan fingerprint density at radius 3 is 2.71 bits per heavy atom. The maximum atomic E-state index is 12.6. The van der Waals surface area contributed by atoms with Crippen molar-refractivity contribution in [2.45, 2.75) is 29.5 Å². The van der Waals surface area contributed by atoms with E-state index in [9.17, 15) is 13.2 Å². The second kappa shape index (κ2) is 5.68. The van der Waals surface area contributed by atoms with Gasteiger partial charge in [0, 0.05) is 30.5 Å². The summed E-state index contributed by atoms with van der Waals surface area (Å²) in [6.45, 7) is 2.14. The summed E-state index contributed by atoms with van der Waals surface area (Å²) in [5.74, 6) is 0.279. The minimum Gasteiger partial charge on any atom is -0.381 e. The van der Waals surface area contributed by atoms with E-state index in [2.05, 4.69) is 0 Å². The fraction of sp³-hybridized carbons (Fsp3) is 0.615. The van der Waals surface area contributed by atoms with Gasteiger partial charge in [-0.3, -0.25) is 4.79 Å². The zero-order valence-corrected chi connectivity index (χ0v) is 13.2. The van der Waals surface area contributed by atoms with Crippen molar-refractivity contribution in [3.8, 4) is 0 Å². The van der Waals surface area contributed by atoms with Crippen LogP contribution in [0.3, 0.4) is 0 Å². The third kappa shape index (κ3) is 3.45. The van der Waals surface area contributed by atoms with Crippen molar-refractivity contribution in [3.63, 3.8) is 0 Å². The third-order valence-corrected chi connectivity index (χ3v) is 6.22. The number of rotatable bonds is 5. The molecule has 1 aromatic heterocycles. The summed E-state index contributed by atoms with van der Waals surface area (Å²) < 4.78 is 28.0. The van der Waals surface area contributed by atoms with Crippen LogP contribution >= 0.6 is 11.3 Å². The van der Waals surface area contributed by atoms with Gasteiger partial charge in [-0.25, -0.2) is 13.6 Å². The Hall–Kier alpha value is -0.960. The Bertz CT molecular complexity index is 630. The summed E-state index contributed by atoms with van der Waals surface area (Å²) in [7, 11) is -3.74. The molecule has 2 fully saturated rings. The highest BCUT2D eigenvalue weighted by Crippen LogP contribution is 2.31. The summed E-state index contributed by atoms with van der Waals surface area (Å²) in [6, 6.07) is 1.67. The Labute approximate surface area is 127 Å². The van der Waals surface area contributed by atoms with Crippen molar-refractivity contribution in [2.24, 2.45) is 11.1 Å². The molecule has 6 nitrogen and oxygen atoms in total. The summed E-state index contributed by atoms with van der Waals surface area (Å²) in [4.78, 5) is 14.5. The number of amides is 1. The number of primary sulfonamides is 1. The molecular formula is C13H18N2O4S2. The lowest BCUT2D eigenvalue weighted by Gasteiger charge is -2.24. The first-order valence-corrected chi connectivity index (χ1v) is 9.38. The predicted octanol–water partition coefficient (Wildman–Crippen LogP) is 1.04. The zero-order valence-electron chi connectivity index (χ0n) is 11.5. The molecule has 0 aromatic carbocycles. The van der Waals surface area contributed by atoms with Crippen LogP contribution in [0.5, 0.6) is 0 Å². The standard InChI is InChI=1S/C13H18N2O4S2/c14-21(17,18)12-5-10(8-20-12)13(16)15(11-1-2-11)6-9-3-4-19-7-9/h5,8-9,11H,1-4,6-7H2,(H2,14,17,18). The molecule has 1 saturated heterocycles. The van der Waals surface area contributed by atoms with Crippen molar-refractivity contribution in [3.05, 3.63) is 17.0 Å². The fourth-order valence-electron chi connectivity index (χ4n) is 2.53. The molecular weight excluding hydrogens is 312 g/mol. The van der Waals surface area contributed by atoms with E-state index >= 15 is 0 Å². The normalized spacial score (nSPS) is 22.4. The topological polar surface area (TPSA) is 89.7 Å². The first kappa shape index (κ1) is 15.0. The molecule has 1 aromatic rings. The Balaban J connectivity index is 1.75. The maximum absolute atomic E-state index is 12.6. The Kier molecular flexibility index (Phi) is 4.04. The van der Waals surface area contributed by atoms with E-state index in [4.69, 9.17) is 9.88 Å². The zero-order chi connectivity index (χ0) is 15.0. The minimum absolute atomic E-state index is 0.0331. The number of ether oxygens (including phenoxy) is 1. The average Bonchev–Trinajstić information content (AvgIpc) is 2.94. The first-order valence-electron chi connectivity index (χ1n) is 6.95. The van der Waals surface area contributed by atoms with E-state index in [-0.39, 0.29) is 16.2 Å². The molecule has 3 rings (SSSR count). The van der Waals surface area contributed by atoms with Crippen LogP contribution in [0.25, 0.3) is 0 Å². The number of thiophene rings is 1. The lowest BCUT2D eigenvalue weighted by Crippen LogP contribution is -2.37. The lowest BCUT2D eigenvalue weighted by atomic mass is 10.1. The number of hydrogen-bond donors (Lipinski definition) is 1.